The first-order chi connectivity index (χ1) is 13.2. The third-order valence-electron chi connectivity index (χ3n) is 5.04. The van der Waals surface area contributed by atoms with Gasteiger partial charge < -0.3 is 25.3 Å². The summed E-state index contributed by atoms with van der Waals surface area (Å²) in [4.78, 5) is 17.5. The fourth-order valence-corrected chi connectivity index (χ4v) is 3.85. The second-order valence-electron chi connectivity index (χ2n) is 7.75. The molecular weight excluding hydrogens is 381 g/mol. The van der Waals surface area contributed by atoms with Crippen LogP contribution in [0.4, 0.5) is 0 Å². The molecule has 0 aromatic rings. The molecule has 0 aliphatic rings. The van der Waals surface area contributed by atoms with E-state index in [0.717, 1.165) is 19.3 Å². The summed E-state index contributed by atoms with van der Waals surface area (Å²) in [6, 6.07) is -0.956. The monoisotopic (exact) mass is 425 g/mol. The van der Waals surface area contributed by atoms with Crippen molar-refractivity contribution < 1.29 is 29.1 Å². The molecule has 0 aromatic carbocycles. The number of unbranched alkanes of at least 4 members (excludes halogenated alkanes) is 13. The molecule has 7 nitrogen and oxygen atoms in total. The van der Waals surface area contributed by atoms with Crippen LogP contribution in [-0.2, 0) is 9.09 Å². The molecule has 28 heavy (non-hydrogen) atoms. The highest BCUT2D eigenvalue weighted by molar-refractivity contribution is 7.46. The standard InChI is InChI=1S/C20H44NO6P/c1-3-5-6-7-8-9-10-11-12-13-14-15-16-17-18-21-19(4-2)20(22,23)27-28(24,25)26/h19,21-23H,3-18H2,1-2H3,(H2,24,25,26). The number of hydrogen-bond acceptors (Lipinski definition) is 5. The summed E-state index contributed by atoms with van der Waals surface area (Å²) in [7, 11) is -4.97. The van der Waals surface area contributed by atoms with Crippen molar-refractivity contribution in [1.29, 1.82) is 0 Å². The van der Waals surface area contributed by atoms with Gasteiger partial charge in [0.05, 0.1) is 6.04 Å². The Bertz CT molecular complexity index is 402. The van der Waals surface area contributed by atoms with Crippen molar-refractivity contribution >= 4 is 7.82 Å². The Hall–Kier alpha value is -0.0100. The summed E-state index contributed by atoms with van der Waals surface area (Å²) >= 11 is 0. The first-order valence-electron chi connectivity index (χ1n) is 11.2. The summed E-state index contributed by atoms with van der Waals surface area (Å²) in [5.41, 5.74) is 0. The van der Waals surface area contributed by atoms with Crippen LogP contribution < -0.4 is 5.32 Å². The van der Waals surface area contributed by atoms with Crippen molar-refractivity contribution in [3.05, 3.63) is 0 Å². The van der Waals surface area contributed by atoms with E-state index in [-0.39, 0.29) is 6.42 Å². The normalized spacial score (nSPS) is 13.8. The van der Waals surface area contributed by atoms with Gasteiger partial charge in [0, 0.05) is 0 Å². The van der Waals surface area contributed by atoms with Gasteiger partial charge in [-0.15, -0.1) is 0 Å². The average molecular weight is 426 g/mol. The lowest BCUT2D eigenvalue weighted by Gasteiger charge is -2.30. The Labute approximate surface area is 171 Å². The van der Waals surface area contributed by atoms with Crippen LogP contribution in [-0.4, -0.2) is 38.6 Å². The molecule has 5 N–H and O–H groups in total. The third-order valence-corrected chi connectivity index (χ3v) is 5.54. The van der Waals surface area contributed by atoms with E-state index in [9.17, 15) is 14.8 Å². The summed E-state index contributed by atoms with van der Waals surface area (Å²) in [5, 5.41) is 22.3. The molecule has 170 valence electrons. The highest BCUT2D eigenvalue weighted by Gasteiger charge is 2.40. The Balaban J connectivity index is 3.54. The first-order valence-corrected chi connectivity index (χ1v) is 12.7. The molecule has 0 aliphatic heterocycles. The van der Waals surface area contributed by atoms with Crippen molar-refractivity contribution in [2.45, 2.75) is 122 Å². The smallest absolute Gasteiger partial charge is 0.342 e. The molecular formula is C20H44NO6P. The van der Waals surface area contributed by atoms with Crippen LogP contribution in [0.5, 0.6) is 0 Å². The lowest BCUT2D eigenvalue weighted by Crippen LogP contribution is -2.52. The zero-order valence-corrected chi connectivity index (χ0v) is 18.8. The molecule has 1 atom stereocenters. The van der Waals surface area contributed by atoms with Crippen LogP contribution in [0.25, 0.3) is 0 Å². The van der Waals surface area contributed by atoms with E-state index in [1.807, 2.05) is 0 Å². The number of rotatable bonds is 20. The molecule has 0 heterocycles. The van der Waals surface area contributed by atoms with Gasteiger partial charge in [-0.25, -0.2) is 9.09 Å². The number of hydrogen-bond donors (Lipinski definition) is 5. The van der Waals surface area contributed by atoms with Crippen LogP contribution in [0, 0.1) is 0 Å². The molecule has 0 spiro atoms. The molecule has 1 unspecified atom stereocenters. The van der Waals surface area contributed by atoms with Crippen molar-refractivity contribution in [1.82, 2.24) is 5.32 Å². The van der Waals surface area contributed by atoms with Crippen LogP contribution in [0.2, 0.25) is 0 Å². The number of phosphoric acid groups is 1. The predicted octanol–water partition coefficient (Wildman–Crippen LogP) is 4.58. The maximum absolute atomic E-state index is 10.8. The zero-order valence-electron chi connectivity index (χ0n) is 17.9. The SMILES string of the molecule is CCCCCCCCCCCCCCCCNC(CC)C(O)(O)OP(=O)(O)O. The lowest BCUT2D eigenvalue weighted by atomic mass is 10.0. The average Bonchev–Trinajstić information content (AvgIpc) is 2.59. The van der Waals surface area contributed by atoms with Gasteiger partial charge in [-0.3, -0.25) is 0 Å². The number of phosphoric ester groups is 1. The van der Waals surface area contributed by atoms with Gasteiger partial charge >= 0.3 is 13.8 Å². The summed E-state index contributed by atoms with van der Waals surface area (Å²) in [6.07, 6.45) is 18.0. The second-order valence-corrected chi connectivity index (χ2v) is 8.92. The van der Waals surface area contributed by atoms with Gasteiger partial charge in [-0.2, -0.15) is 0 Å². The molecule has 0 radical (unpaired) electrons. The minimum atomic E-state index is -4.97. The van der Waals surface area contributed by atoms with E-state index in [1.54, 1.807) is 6.92 Å². The van der Waals surface area contributed by atoms with Gasteiger partial charge in [-0.05, 0) is 19.4 Å². The summed E-state index contributed by atoms with van der Waals surface area (Å²) < 4.78 is 14.9. The topological polar surface area (TPSA) is 119 Å². The molecule has 0 amide bonds. The molecule has 0 saturated heterocycles. The van der Waals surface area contributed by atoms with E-state index in [1.165, 1.54) is 70.6 Å². The van der Waals surface area contributed by atoms with Crippen LogP contribution >= 0.6 is 7.82 Å². The van der Waals surface area contributed by atoms with Crippen molar-refractivity contribution in [2.75, 3.05) is 6.54 Å². The summed E-state index contributed by atoms with van der Waals surface area (Å²) in [6.45, 7) is 4.48. The van der Waals surface area contributed by atoms with Gasteiger partial charge in [0.25, 0.3) is 0 Å². The predicted molar refractivity (Wildman–Crippen MR) is 113 cm³/mol. The molecule has 0 bridgehead atoms. The highest BCUT2D eigenvalue weighted by atomic mass is 31.2. The maximum atomic E-state index is 10.8. The minimum Gasteiger partial charge on any atom is -0.342 e. The number of aliphatic hydroxyl groups is 2. The summed E-state index contributed by atoms with van der Waals surface area (Å²) in [5.74, 6) is -2.89. The fraction of sp³-hybridized carbons (Fsp3) is 1.00. The highest BCUT2D eigenvalue weighted by Crippen LogP contribution is 2.41. The minimum absolute atomic E-state index is 0.269. The molecule has 0 aliphatic carbocycles. The fourth-order valence-electron chi connectivity index (χ4n) is 3.38. The Kier molecular flexibility index (Phi) is 16.7. The zero-order chi connectivity index (χ0) is 21.3. The maximum Gasteiger partial charge on any atom is 0.474 e. The van der Waals surface area contributed by atoms with E-state index >= 15 is 0 Å². The van der Waals surface area contributed by atoms with E-state index in [4.69, 9.17) is 9.79 Å². The third kappa shape index (κ3) is 16.9. The molecule has 0 rings (SSSR count). The van der Waals surface area contributed by atoms with E-state index in [0.29, 0.717) is 6.54 Å². The van der Waals surface area contributed by atoms with Crippen molar-refractivity contribution in [2.24, 2.45) is 0 Å². The van der Waals surface area contributed by atoms with Gasteiger partial charge in [0.2, 0.25) is 0 Å². The van der Waals surface area contributed by atoms with Crippen LogP contribution in [0.3, 0.4) is 0 Å². The number of nitrogens with one attached hydrogen (secondary N) is 1. The van der Waals surface area contributed by atoms with Crippen molar-refractivity contribution in [3.8, 4) is 0 Å². The van der Waals surface area contributed by atoms with Crippen LogP contribution in [0.1, 0.15) is 110 Å². The van der Waals surface area contributed by atoms with Crippen molar-refractivity contribution in [3.63, 3.8) is 0 Å². The van der Waals surface area contributed by atoms with Crippen LogP contribution in [0.15, 0.2) is 0 Å². The van der Waals surface area contributed by atoms with Gasteiger partial charge in [0.1, 0.15) is 0 Å². The largest absolute Gasteiger partial charge is 0.474 e. The van der Waals surface area contributed by atoms with Gasteiger partial charge in [-0.1, -0.05) is 97.3 Å². The van der Waals surface area contributed by atoms with E-state index in [2.05, 4.69) is 16.8 Å². The molecule has 8 heteroatoms. The first kappa shape index (κ1) is 28.0. The van der Waals surface area contributed by atoms with Gasteiger partial charge in [0.15, 0.2) is 0 Å². The Morgan fingerprint density at radius 1 is 0.786 bits per heavy atom. The van der Waals surface area contributed by atoms with E-state index < -0.39 is 19.8 Å². The second kappa shape index (κ2) is 16.8. The molecule has 0 saturated carbocycles. The molecule has 0 fully saturated rings. The Morgan fingerprint density at radius 3 is 1.54 bits per heavy atom. The Morgan fingerprint density at radius 2 is 1.18 bits per heavy atom. The molecule has 0 aromatic heterocycles. The lowest BCUT2D eigenvalue weighted by molar-refractivity contribution is -0.315. The quantitative estimate of drug-likeness (QED) is 0.110.